The van der Waals surface area contributed by atoms with E-state index in [-0.39, 0.29) is 91.8 Å². The highest BCUT2D eigenvalue weighted by atomic mass is 32.2. The number of amides is 13. The fourth-order valence-corrected chi connectivity index (χ4v) is 12.7. The lowest BCUT2D eigenvalue weighted by Crippen LogP contribution is -2.59. The van der Waals surface area contributed by atoms with Crippen LogP contribution in [0.2, 0.25) is 0 Å². The molecule has 0 spiro atoms. The van der Waals surface area contributed by atoms with Gasteiger partial charge in [-0.05, 0) is 86.1 Å². The number of quaternary nitrogens is 1. The molecule has 35 nitrogen and oxygen atoms in total. The zero-order valence-corrected chi connectivity index (χ0v) is 65.3. The molecular weight excluding hydrogens is 1460 g/mol. The van der Waals surface area contributed by atoms with Gasteiger partial charge in [-0.3, -0.25) is 71.4 Å². The number of H-pyrrole nitrogens is 2. The maximum atomic E-state index is 14.5. The number of nitriles is 1. The molecule has 111 heavy (non-hydrogen) atoms. The second-order valence-corrected chi connectivity index (χ2v) is 31.1. The highest BCUT2D eigenvalue weighted by molar-refractivity contribution is 7.85. The first-order valence-electron chi connectivity index (χ1n) is 36.5. The minimum Gasteiger partial charge on any atom is -0.390 e. The summed E-state index contributed by atoms with van der Waals surface area (Å²) in [7, 11) is 1.77. The van der Waals surface area contributed by atoms with Gasteiger partial charge in [0.2, 0.25) is 70.9 Å². The lowest BCUT2D eigenvalue weighted by molar-refractivity contribution is -0.140. The van der Waals surface area contributed by atoms with E-state index in [1.807, 2.05) is 33.8 Å². The molecule has 10 atom stereocenters. The molecule has 2 heterocycles. The number of aliphatic hydroxyl groups is 1. The first-order valence-corrected chi connectivity index (χ1v) is 38.1. The molecule has 18 N–H and O–H groups in total. The Hall–Kier alpha value is -11.2. The summed E-state index contributed by atoms with van der Waals surface area (Å²) in [5.74, 6) is -12.8. The number of unbranched alkanes of at least 4 members (excludes halogenated alkanes) is 1. The third-order valence-corrected chi connectivity index (χ3v) is 18.6. The average Bonchev–Trinajstić information content (AvgIpc) is 1.80. The van der Waals surface area contributed by atoms with Crippen molar-refractivity contribution < 1.29 is 80.4 Å². The van der Waals surface area contributed by atoms with Gasteiger partial charge in [0, 0.05) is 86.3 Å². The fourth-order valence-electron chi connectivity index (χ4n) is 12.1. The number of hydrogen-bond donors (Lipinski definition) is 16. The van der Waals surface area contributed by atoms with E-state index in [9.17, 15) is 85.7 Å². The molecular formula is C75H107N18O17S+. The van der Waals surface area contributed by atoms with E-state index in [4.69, 9.17) is 11.5 Å². The number of aromatic amines is 2. The predicted octanol–water partition coefficient (Wildman–Crippen LogP) is -0.433. The van der Waals surface area contributed by atoms with Gasteiger partial charge < -0.3 is 84.6 Å². The first-order chi connectivity index (χ1) is 52.1. The number of primary amides is 2. The Morgan fingerprint density at radius 2 is 1.23 bits per heavy atom. The van der Waals surface area contributed by atoms with Gasteiger partial charge in [-0.25, -0.2) is 4.98 Å². The molecule has 0 unspecified atom stereocenters. The molecule has 604 valence electrons. The summed E-state index contributed by atoms with van der Waals surface area (Å²) in [6.07, 6.45) is 1.75. The lowest BCUT2D eigenvalue weighted by atomic mass is 9.96. The van der Waals surface area contributed by atoms with Gasteiger partial charge in [0.25, 0.3) is 16.0 Å². The third kappa shape index (κ3) is 30.3. The van der Waals surface area contributed by atoms with Crippen LogP contribution in [-0.2, 0) is 86.9 Å². The number of benzene rings is 3. The van der Waals surface area contributed by atoms with Crippen molar-refractivity contribution in [2.45, 2.75) is 180 Å². The van der Waals surface area contributed by atoms with Crippen LogP contribution in [0.1, 0.15) is 133 Å². The van der Waals surface area contributed by atoms with Crippen LogP contribution < -0.4 is 69.1 Å². The second kappa shape index (κ2) is 42.7. The molecule has 36 heteroatoms. The molecule has 0 radical (unpaired) electrons. The predicted molar refractivity (Wildman–Crippen MR) is 410 cm³/mol. The second-order valence-electron chi connectivity index (χ2n) is 29.6. The number of carbonyl (C=O) groups excluding carboxylic acids is 13. The minimum absolute atomic E-state index is 0.00696. The summed E-state index contributed by atoms with van der Waals surface area (Å²) in [6.45, 7) is 11.2. The Bertz CT molecular complexity index is 4230. The van der Waals surface area contributed by atoms with E-state index in [2.05, 4.69) is 68.1 Å². The quantitative estimate of drug-likeness (QED) is 0.0134. The van der Waals surface area contributed by atoms with Gasteiger partial charge in [0.15, 0.2) is 0 Å². The maximum absolute atomic E-state index is 14.5. The number of para-hydroxylation sites is 1. The van der Waals surface area contributed by atoms with E-state index >= 15 is 0 Å². The molecule has 13 amide bonds. The number of fused-ring (bicyclic) bond motifs is 1. The SMILES string of the molecule is CC(C)C[C@H](NC(=O)C[C@H](O)[C@H](CC(C)C)NC(=O)[C@H](Cc1cnc[nH]1)NC(=O)CN(C)C(=O)[C@@H](NC(=O)[C@H](C)NC(=O)[C@H](Cc1c[nH]c2ccccc12)NC(=O)[C@H](CCC(N)=O)NC(=O)CCCCNC(=O)[C@H](Cc1ccccc1)NC(=O)[C@H](CS(=O)(=O)O)NC(=O)c1ccc([N+](C)(C)C)c(C#N)c1)C(C)C)C(N)=O. The molecule has 0 bridgehead atoms. The molecule has 0 saturated heterocycles. The molecule has 0 aliphatic rings. The highest BCUT2D eigenvalue weighted by Gasteiger charge is 2.37. The summed E-state index contributed by atoms with van der Waals surface area (Å²) in [5.41, 5.74) is 13.9. The molecule has 0 aliphatic carbocycles. The molecule has 0 aliphatic heterocycles. The molecule has 2 aromatic heterocycles. The Morgan fingerprint density at radius 1 is 0.631 bits per heavy atom. The summed E-state index contributed by atoms with van der Waals surface area (Å²) in [5, 5.41) is 47.8. The van der Waals surface area contributed by atoms with Crippen molar-refractivity contribution in [2.75, 3.05) is 47.0 Å². The van der Waals surface area contributed by atoms with Crippen LogP contribution >= 0.6 is 0 Å². The van der Waals surface area contributed by atoms with Crippen LogP contribution in [0.4, 0.5) is 5.69 Å². The normalized spacial score (nSPS) is 14.3. The Balaban J connectivity index is 1.24. The van der Waals surface area contributed by atoms with Crippen molar-refractivity contribution >= 4 is 104 Å². The van der Waals surface area contributed by atoms with Crippen molar-refractivity contribution in [1.29, 1.82) is 5.26 Å². The van der Waals surface area contributed by atoms with E-state index in [1.54, 1.807) is 95.8 Å². The Labute approximate surface area is 645 Å². The van der Waals surface area contributed by atoms with Crippen LogP contribution in [0.3, 0.4) is 0 Å². The van der Waals surface area contributed by atoms with E-state index in [0.29, 0.717) is 33.4 Å². The fraction of sp³-hybridized carbons (Fsp3) is 0.507. The van der Waals surface area contributed by atoms with Crippen LogP contribution in [-0.4, -0.2) is 222 Å². The number of imidazole rings is 1. The van der Waals surface area contributed by atoms with Gasteiger partial charge >= 0.3 is 0 Å². The van der Waals surface area contributed by atoms with Gasteiger partial charge in [-0.2, -0.15) is 13.7 Å². The van der Waals surface area contributed by atoms with Gasteiger partial charge in [0.1, 0.15) is 71.4 Å². The average molecular weight is 1560 g/mol. The number of nitrogens with two attached hydrogens (primary N) is 2. The van der Waals surface area contributed by atoms with Crippen LogP contribution in [0.25, 0.3) is 10.9 Å². The van der Waals surface area contributed by atoms with E-state index < -0.39 is 178 Å². The van der Waals surface area contributed by atoms with Gasteiger partial charge in [-0.1, -0.05) is 90.1 Å². The largest absolute Gasteiger partial charge is 0.390 e. The van der Waals surface area contributed by atoms with E-state index in [0.717, 1.165) is 4.90 Å². The number of nitrogens with one attached hydrogen (secondary N) is 12. The molecule has 3 aromatic carbocycles. The van der Waals surface area contributed by atoms with Crippen LogP contribution in [0.15, 0.2) is 91.5 Å². The van der Waals surface area contributed by atoms with Gasteiger partial charge in [-0.15, -0.1) is 0 Å². The smallest absolute Gasteiger partial charge is 0.267 e. The van der Waals surface area contributed by atoms with Crippen molar-refractivity contribution in [1.82, 2.24) is 77.5 Å². The summed E-state index contributed by atoms with van der Waals surface area (Å²) in [6, 6.07) is 9.42. The first kappa shape index (κ1) is 90.5. The summed E-state index contributed by atoms with van der Waals surface area (Å²) < 4.78 is 34.5. The standard InChI is InChI=1S/C75H106N18O17S/c1-42(2)29-54(61(94)35-64(97)85-55(67(78)99)30-43(3)4)87-73(105)58(34-50-38-79-41-82-50)86-65(98)39-92(8)75(107)66(44(5)6)91-68(100)45(7)83-72(104)57(33-49-37-81-52-22-16-15-21-51(49)52)89-71(103)53(25-27-62(77)95)84-63(96)23-17-18-28-80-70(102)56(31-46-19-13-12-14-20-46)88-74(106)59(40-111(108,109)110)90-69(101)47-24-26-60(93(9,10)11)48(32-47)36-76/h12-16,19-22,24,26,32,37-38,41-45,53-59,61,66,81,94H,17-18,23,25,27-31,33-35,39-40H2,1-11H3,(H15-,77,78,79,80,82,83,84,85,86,87,88,89,90,91,95,96,97,98,99,100,101,102,103,104,105,106,108,109,110)/p+1/t45-,53-,54-,55-,56-,57-,58-,59-,61-,66-/m0/s1. The number of carbonyl (C=O) groups is 13. The molecule has 0 saturated carbocycles. The minimum atomic E-state index is -4.93. The zero-order chi connectivity index (χ0) is 82.6. The lowest BCUT2D eigenvalue weighted by Gasteiger charge is -2.30. The van der Waals surface area contributed by atoms with Crippen molar-refractivity contribution in [3.63, 3.8) is 0 Å². The third-order valence-electron chi connectivity index (χ3n) is 17.9. The van der Waals surface area contributed by atoms with Crippen molar-refractivity contribution in [3.05, 3.63) is 119 Å². The van der Waals surface area contributed by atoms with Crippen LogP contribution in [0.5, 0.6) is 0 Å². The van der Waals surface area contributed by atoms with Gasteiger partial charge in [0.05, 0.1) is 52.6 Å². The van der Waals surface area contributed by atoms with Crippen molar-refractivity contribution in [2.24, 2.45) is 29.2 Å². The zero-order valence-electron chi connectivity index (χ0n) is 64.4. The number of nitrogens with zero attached hydrogens (tertiary/aromatic N) is 4. The number of aliphatic hydroxyl groups excluding tert-OH is 1. The number of hydrogen-bond acceptors (Lipinski definition) is 18. The number of likely N-dealkylation sites (N-methyl/N-ethyl adjacent to an activating group) is 1. The maximum Gasteiger partial charge on any atom is 0.267 e. The number of rotatable bonds is 45. The molecule has 0 fully saturated rings. The topological polar surface area (TPSA) is 540 Å². The van der Waals surface area contributed by atoms with Crippen molar-refractivity contribution in [3.8, 4) is 6.07 Å². The number of aromatic nitrogens is 3. The Morgan fingerprint density at radius 3 is 1.84 bits per heavy atom. The summed E-state index contributed by atoms with van der Waals surface area (Å²) in [4.78, 5) is 189. The Kier molecular flexibility index (Phi) is 34.8. The summed E-state index contributed by atoms with van der Waals surface area (Å²) >= 11 is 0. The molecule has 5 rings (SSSR count). The van der Waals surface area contributed by atoms with E-state index in [1.165, 1.54) is 44.7 Å². The monoisotopic (exact) mass is 1560 g/mol. The van der Waals surface area contributed by atoms with Crippen LogP contribution in [0, 0.1) is 29.1 Å². The highest BCUT2D eigenvalue weighted by Crippen LogP contribution is 2.25. The molecule has 5 aromatic rings.